The predicted octanol–water partition coefficient (Wildman–Crippen LogP) is 3.54. The van der Waals surface area contributed by atoms with Crippen molar-refractivity contribution < 1.29 is 19.9 Å². The van der Waals surface area contributed by atoms with Gasteiger partial charge in [0.2, 0.25) is 5.91 Å². The summed E-state index contributed by atoms with van der Waals surface area (Å²) >= 11 is 0. The Bertz CT molecular complexity index is 877. The Morgan fingerprint density at radius 3 is 1.85 bits per heavy atom. The second-order valence-corrected chi connectivity index (χ2v) is 8.87. The summed E-state index contributed by atoms with van der Waals surface area (Å²) < 4.78 is 0. The van der Waals surface area contributed by atoms with Crippen LogP contribution in [0, 0.1) is 5.92 Å². The van der Waals surface area contributed by atoms with Crippen LogP contribution in [0.25, 0.3) is 0 Å². The van der Waals surface area contributed by atoms with Crippen LogP contribution in [0.2, 0.25) is 0 Å². The Balaban J connectivity index is 1.40. The molecule has 2 aromatic rings. The quantitative estimate of drug-likeness (QED) is 0.248. The lowest BCUT2D eigenvalue weighted by molar-refractivity contribution is -0.141. The van der Waals surface area contributed by atoms with Crippen LogP contribution in [0.5, 0.6) is 0 Å². The van der Waals surface area contributed by atoms with Crippen LogP contribution in [0.1, 0.15) is 60.8 Å². The molecule has 0 bridgehead atoms. The van der Waals surface area contributed by atoms with E-state index in [9.17, 15) is 14.7 Å². The van der Waals surface area contributed by atoms with Gasteiger partial charge < -0.3 is 15.7 Å². The number of hydrogen-bond acceptors (Lipinski definition) is 5. The molecule has 0 saturated heterocycles. The number of carbonyl (C=O) groups excluding carboxylic acids is 1. The number of aryl methyl sites for hydroxylation is 1. The monoisotopic (exact) mass is 453 g/mol. The van der Waals surface area contributed by atoms with Crippen molar-refractivity contribution >= 4 is 11.9 Å². The van der Waals surface area contributed by atoms with Crippen LogP contribution in [-0.2, 0) is 35.6 Å². The number of hydrogen-bond donors (Lipinski definition) is 5. The van der Waals surface area contributed by atoms with E-state index in [-0.39, 0.29) is 18.2 Å². The van der Waals surface area contributed by atoms with E-state index in [1.165, 1.54) is 12.0 Å². The summed E-state index contributed by atoms with van der Waals surface area (Å²) in [5.41, 5.74) is 6.13. The molecule has 178 valence electrons. The first-order valence-electron chi connectivity index (χ1n) is 11.8. The second-order valence-electron chi connectivity index (χ2n) is 8.87. The smallest absolute Gasteiger partial charge is 0.320 e. The van der Waals surface area contributed by atoms with Gasteiger partial charge in [0.1, 0.15) is 6.04 Å². The standard InChI is InChI=1S/C26H35N3O4/c30-24(29-33)15-14-19-6-8-20(9-7-19)16-27-17-21-10-12-22(13-11-21)18-28-25(26(31)32)23-4-2-1-3-5-23/h6-13,23,25,27-28,33H,1-5,14-18H2,(H,29,30)(H,31,32)/t25-/m0/s1. The van der Waals surface area contributed by atoms with E-state index in [1.54, 1.807) is 5.48 Å². The fourth-order valence-corrected chi connectivity index (χ4v) is 4.41. The zero-order valence-corrected chi connectivity index (χ0v) is 19.1. The van der Waals surface area contributed by atoms with Crippen LogP contribution < -0.4 is 16.1 Å². The molecule has 2 aromatic carbocycles. The van der Waals surface area contributed by atoms with Gasteiger partial charge in [-0.3, -0.25) is 14.8 Å². The van der Waals surface area contributed by atoms with E-state index in [4.69, 9.17) is 5.21 Å². The van der Waals surface area contributed by atoms with Gasteiger partial charge >= 0.3 is 5.97 Å². The fourth-order valence-electron chi connectivity index (χ4n) is 4.41. The number of amides is 1. The first kappa shape index (κ1) is 24.9. The predicted molar refractivity (Wildman–Crippen MR) is 127 cm³/mol. The lowest BCUT2D eigenvalue weighted by atomic mass is 9.84. The summed E-state index contributed by atoms with van der Waals surface area (Å²) in [5, 5.41) is 24.9. The highest BCUT2D eigenvalue weighted by atomic mass is 16.5. The topological polar surface area (TPSA) is 111 Å². The van der Waals surface area contributed by atoms with Crippen molar-refractivity contribution in [1.82, 2.24) is 16.1 Å². The van der Waals surface area contributed by atoms with Gasteiger partial charge in [-0.1, -0.05) is 67.8 Å². The molecule has 1 atom stereocenters. The van der Waals surface area contributed by atoms with Gasteiger partial charge in [-0.25, -0.2) is 5.48 Å². The Hall–Kier alpha value is -2.74. The van der Waals surface area contributed by atoms with Crippen molar-refractivity contribution in [2.75, 3.05) is 0 Å². The molecule has 7 nitrogen and oxygen atoms in total. The van der Waals surface area contributed by atoms with E-state index in [2.05, 4.69) is 34.9 Å². The third-order valence-electron chi connectivity index (χ3n) is 6.38. The average Bonchev–Trinajstić information content (AvgIpc) is 2.85. The van der Waals surface area contributed by atoms with E-state index in [0.29, 0.717) is 13.0 Å². The van der Waals surface area contributed by atoms with Crippen molar-refractivity contribution in [3.63, 3.8) is 0 Å². The van der Waals surface area contributed by atoms with Crippen LogP contribution >= 0.6 is 0 Å². The van der Waals surface area contributed by atoms with E-state index in [1.807, 2.05) is 24.3 Å². The van der Waals surface area contributed by atoms with Gasteiger partial charge in [-0.2, -0.15) is 0 Å². The average molecular weight is 454 g/mol. The molecule has 3 rings (SSSR count). The second kappa shape index (κ2) is 13.1. The van der Waals surface area contributed by atoms with Gasteiger partial charge in [0.25, 0.3) is 0 Å². The minimum atomic E-state index is -0.744. The number of carbonyl (C=O) groups is 2. The molecule has 0 unspecified atom stereocenters. The molecule has 7 heteroatoms. The lowest BCUT2D eigenvalue weighted by Gasteiger charge is -2.28. The number of hydroxylamine groups is 1. The molecule has 0 heterocycles. The third kappa shape index (κ3) is 8.28. The molecule has 1 aliphatic carbocycles. The Morgan fingerprint density at radius 2 is 1.33 bits per heavy atom. The summed E-state index contributed by atoms with van der Waals surface area (Å²) in [5.74, 6) is -0.895. The molecule has 33 heavy (non-hydrogen) atoms. The molecule has 0 aliphatic heterocycles. The van der Waals surface area contributed by atoms with Crippen molar-refractivity contribution in [3.05, 3.63) is 70.8 Å². The summed E-state index contributed by atoms with van der Waals surface area (Å²) in [6.45, 7) is 2.04. The molecule has 0 aromatic heterocycles. The van der Waals surface area contributed by atoms with Gasteiger partial charge in [0, 0.05) is 26.1 Å². The molecular formula is C26H35N3O4. The van der Waals surface area contributed by atoms with Gasteiger partial charge in [0.15, 0.2) is 0 Å². The maximum atomic E-state index is 11.7. The first-order chi connectivity index (χ1) is 16.0. The number of carboxylic acids is 1. The highest BCUT2D eigenvalue weighted by molar-refractivity contribution is 5.74. The number of carboxylic acid groups (broad SMARTS) is 1. The van der Waals surface area contributed by atoms with E-state index in [0.717, 1.165) is 55.5 Å². The molecule has 5 N–H and O–H groups in total. The molecule has 1 fully saturated rings. The van der Waals surface area contributed by atoms with Crippen molar-refractivity contribution in [1.29, 1.82) is 0 Å². The van der Waals surface area contributed by atoms with Gasteiger partial charge in [0.05, 0.1) is 0 Å². The SMILES string of the molecule is O=C(CCc1ccc(CNCc2ccc(CN[C@H](C(=O)O)C3CCCCC3)cc2)cc1)NO. The number of nitrogens with one attached hydrogen (secondary N) is 3. The molecule has 1 amide bonds. The molecule has 1 saturated carbocycles. The first-order valence-corrected chi connectivity index (χ1v) is 11.8. The largest absolute Gasteiger partial charge is 0.480 e. The highest BCUT2D eigenvalue weighted by Gasteiger charge is 2.28. The molecular weight excluding hydrogens is 418 g/mol. The van der Waals surface area contributed by atoms with Crippen LogP contribution in [0.4, 0.5) is 0 Å². The van der Waals surface area contributed by atoms with Gasteiger partial charge in [-0.05, 0) is 47.4 Å². The number of benzene rings is 2. The Kier molecular flexibility index (Phi) is 9.87. The lowest BCUT2D eigenvalue weighted by Crippen LogP contribution is -2.43. The van der Waals surface area contributed by atoms with Crippen molar-refractivity contribution in [3.8, 4) is 0 Å². The van der Waals surface area contributed by atoms with Crippen molar-refractivity contribution in [2.24, 2.45) is 5.92 Å². The number of rotatable bonds is 12. The molecule has 1 aliphatic rings. The van der Waals surface area contributed by atoms with Crippen LogP contribution in [0.15, 0.2) is 48.5 Å². The summed E-state index contributed by atoms with van der Waals surface area (Å²) in [7, 11) is 0. The van der Waals surface area contributed by atoms with Crippen LogP contribution in [0.3, 0.4) is 0 Å². The zero-order valence-electron chi connectivity index (χ0n) is 19.1. The maximum Gasteiger partial charge on any atom is 0.320 e. The van der Waals surface area contributed by atoms with E-state index >= 15 is 0 Å². The summed E-state index contributed by atoms with van der Waals surface area (Å²) in [6.07, 6.45) is 6.33. The summed E-state index contributed by atoms with van der Waals surface area (Å²) in [6, 6.07) is 15.9. The maximum absolute atomic E-state index is 11.7. The number of aliphatic carboxylic acids is 1. The minimum Gasteiger partial charge on any atom is -0.480 e. The minimum absolute atomic E-state index is 0.230. The highest BCUT2D eigenvalue weighted by Crippen LogP contribution is 2.26. The van der Waals surface area contributed by atoms with E-state index < -0.39 is 12.0 Å². The fraction of sp³-hybridized carbons (Fsp3) is 0.462. The summed E-state index contributed by atoms with van der Waals surface area (Å²) in [4.78, 5) is 22.8. The normalized spacial score (nSPS) is 15.2. The third-order valence-corrected chi connectivity index (χ3v) is 6.38. The molecule has 0 radical (unpaired) electrons. The Morgan fingerprint density at radius 1 is 0.818 bits per heavy atom. The van der Waals surface area contributed by atoms with Crippen molar-refractivity contribution in [2.45, 2.75) is 70.6 Å². The molecule has 0 spiro atoms. The van der Waals surface area contributed by atoms with Gasteiger partial charge in [-0.15, -0.1) is 0 Å². The van der Waals surface area contributed by atoms with Crippen LogP contribution in [-0.4, -0.2) is 28.2 Å². The Labute approximate surface area is 195 Å². The zero-order chi connectivity index (χ0) is 23.5.